The average Bonchev–Trinajstić information content (AvgIpc) is 3.08. The van der Waals surface area contributed by atoms with E-state index in [-0.39, 0.29) is 5.43 Å². The van der Waals surface area contributed by atoms with Crippen molar-refractivity contribution in [3.8, 4) is 10.4 Å². The molecule has 3 heteroatoms. The third-order valence-electron chi connectivity index (χ3n) is 3.97. The van der Waals surface area contributed by atoms with Crippen LogP contribution >= 0.6 is 11.3 Å². The third kappa shape index (κ3) is 1.97. The van der Waals surface area contributed by atoms with E-state index in [0.29, 0.717) is 21.9 Å². The van der Waals surface area contributed by atoms with E-state index in [2.05, 4.69) is 18.4 Å². The van der Waals surface area contributed by atoms with Gasteiger partial charge >= 0.3 is 0 Å². The summed E-state index contributed by atoms with van der Waals surface area (Å²) in [6, 6.07) is 15.6. The minimum Gasteiger partial charge on any atom is -0.456 e. The van der Waals surface area contributed by atoms with Gasteiger partial charge in [-0.2, -0.15) is 0 Å². The largest absolute Gasteiger partial charge is 0.456 e. The van der Waals surface area contributed by atoms with Gasteiger partial charge in [-0.3, -0.25) is 4.79 Å². The third-order valence-corrected chi connectivity index (χ3v) is 4.87. The van der Waals surface area contributed by atoms with Gasteiger partial charge in [0.15, 0.2) is 0 Å². The first-order valence-electron chi connectivity index (χ1n) is 7.30. The highest BCUT2D eigenvalue weighted by Crippen LogP contribution is 2.32. The molecule has 2 nitrogen and oxygen atoms in total. The molecular weight excluding hydrogens is 292 g/mol. The van der Waals surface area contributed by atoms with E-state index in [9.17, 15) is 4.79 Å². The summed E-state index contributed by atoms with van der Waals surface area (Å²) in [5.74, 6) is 0. The van der Waals surface area contributed by atoms with Crippen LogP contribution in [0.3, 0.4) is 0 Å². The van der Waals surface area contributed by atoms with E-state index < -0.39 is 0 Å². The summed E-state index contributed by atoms with van der Waals surface area (Å²) < 4.78 is 5.97. The maximum Gasteiger partial charge on any atom is 0.200 e. The van der Waals surface area contributed by atoms with Crippen LogP contribution in [0.25, 0.3) is 32.4 Å². The molecule has 22 heavy (non-hydrogen) atoms. The number of rotatable bonds is 2. The molecule has 0 fully saturated rings. The van der Waals surface area contributed by atoms with E-state index >= 15 is 0 Å². The van der Waals surface area contributed by atoms with Gasteiger partial charge in [-0.05, 0) is 53.3 Å². The molecule has 108 valence electrons. The van der Waals surface area contributed by atoms with Crippen LogP contribution in [-0.4, -0.2) is 0 Å². The van der Waals surface area contributed by atoms with Crippen molar-refractivity contribution in [2.45, 2.75) is 13.3 Å². The van der Waals surface area contributed by atoms with Crippen LogP contribution < -0.4 is 5.43 Å². The smallest absolute Gasteiger partial charge is 0.200 e. The van der Waals surface area contributed by atoms with Gasteiger partial charge in [0.05, 0.1) is 10.8 Å². The molecule has 4 rings (SSSR count). The lowest BCUT2D eigenvalue weighted by Crippen LogP contribution is -2.03. The Hall–Kier alpha value is -2.39. The molecular formula is C19H14O2S. The molecule has 0 aliphatic rings. The summed E-state index contributed by atoms with van der Waals surface area (Å²) in [6.45, 7) is 2.11. The van der Waals surface area contributed by atoms with Gasteiger partial charge in [0.25, 0.3) is 0 Å². The molecule has 0 saturated carbocycles. The van der Waals surface area contributed by atoms with Crippen molar-refractivity contribution in [3.63, 3.8) is 0 Å². The predicted molar refractivity (Wildman–Crippen MR) is 92.7 cm³/mol. The number of thiophene rings is 1. The SMILES string of the molecule is CCc1cc2c(=O)c3ccccc3oc2cc1-c1cccs1. The van der Waals surface area contributed by atoms with Gasteiger partial charge in [-0.15, -0.1) is 11.3 Å². The molecule has 0 bridgehead atoms. The second kappa shape index (κ2) is 5.11. The highest BCUT2D eigenvalue weighted by Gasteiger charge is 2.12. The van der Waals surface area contributed by atoms with Crippen molar-refractivity contribution in [1.82, 2.24) is 0 Å². The Bertz CT molecular complexity index is 1030. The summed E-state index contributed by atoms with van der Waals surface area (Å²) >= 11 is 1.70. The van der Waals surface area contributed by atoms with E-state index in [0.717, 1.165) is 12.0 Å². The molecule has 2 aromatic heterocycles. The normalized spacial score (nSPS) is 11.3. The molecule has 0 N–H and O–H groups in total. The van der Waals surface area contributed by atoms with Crippen LogP contribution in [0.4, 0.5) is 0 Å². The summed E-state index contributed by atoms with van der Waals surface area (Å²) in [7, 11) is 0. The van der Waals surface area contributed by atoms with Gasteiger partial charge < -0.3 is 4.42 Å². The monoisotopic (exact) mass is 306 g/mol. The Labute approximate surface area is 131 Å². The molecule has 0 unspecified atom stereocenters. The molecule has 2 heterocycles. The van der Waals surface area contributed by atoms with Crippen LogP contribution in [-0.2, 0) is 6.42 Å². The fourth-order valence-electron chi connectivity index (χ4n) is 2.85. The van der Waals surface area contributed by atoms with Crippen molar-refractivity contribution in [2.24, 2.45) is 0 Å². The van der Waals surface area contributed by atoms with Crippen LogP contribution in [0.1, 0.15) is 12.5 Å². The number of fused-ring (bicyclic) bond motifs is 2. The quantitative estimate of drug-likeness (QED) is 0.474. The van der Waals surface area contributed by atoms with Crippen LogP contribution in [0.15, 0.2) is 63.1 Å². The number of aryl methyl sites for hydroxylation is 1. The average molecular weight is 306 g/mol. The van der Waals surface area contributed by atoms with Crippen molar-refractivity contribution in [2.75, 3.05) is 0 Å². The molecule has 0 spiro atoms. The number of hydrogen-bond donors (Lipinski definition) is 0. The Morgan fingerprint density at radius 1 is 1.00 bits per heavy atom. The summed E-state index contributed by atoms with van der Waals surface area (Å²) in [5.41, 5.74) is 3.68. The summed E-state index contributed by atoms with van der Waals surface area (Å²) in [6.07, 6.45) is 0.884. The second-order valence-corrected chi connectivity index (χ2v) is 6.21. The fourth-order valence-corrected chi connectivity index (χ4v) is 3.62. The first-order chi connectivity index (χ1) is 10.8. The number of benzene rings is 2. The van der Waals surface area contributed by atoms with Crippen molar-refractivity contribution < 1.29 is 4.42 Å². The van der Waals surface area contributed by atoms with Crippen molar-refractivity contribution >= 4 is 33.3 Å². The fraction of sp³-hybridized carbons (Fsp3) is 0.105. The molecule has 0 radical (unpaired) electrons. The maximum absolute atomic E-state index is 12.7. The lowest BCUT2D eigenvalue weighted by molar-refractivity contribution is 0.660. The molecule has 0 saturated heterocycles. The Balaban J connectivity index is 2.13. The zero-order chi connectivity index (χ0) is 15.1. The molecule has 0 atom stereocenters. The summed E-state index contributed by atoms with van der Waals surface area (Å²) in [5, 5.41) is 3.37. The first-order valence-corrected chi connectivity index (χ1v) is 8.18. The molecule has 0 aliphatic carbocycles. The Morgan fingerprint density at radius 3 is 2.64 bits per heavy atom. The predicted octanol–water partition coefficient (Wildman–Crippen LogP) is 5.24. The first kappa shape index (κ1) is 13.3. The van der Waals surface area contributed by atoms with Crippen LogP contribution in [0.2, 0.25) is 0 Å². The number of hydrogen-bond acceptors (Lipinski definition) is 3. The molecule has 2 aromatic carbocycles. The molecule has 0 amide bonds. The van der Waals surface area contributed by atoms with E-state index in [4.69, 9.17) is 4.42 Å². The zero-order valence-electron chi connectivity index (χ0n) is 12.1. The van der Waals surface area contributed by atoms with E-state index in [1.165, 1.54) is 10.4 Å². The zero-order valence-corrected chi connectivity index (χ0v) is 12.9. The highest BCUT2D eigenvalue weighted by molar-refractivity contribution is 7.13. The lowest BCUT2D eigenvalue weighted by atomic mass is 10.00. The number of para-hydroxylation sites is 1. The van der Waals surface area contributed by atoms with Crippen molar-refractivity contribution in [3.05, 3.63) is 69.7 Å². The van der Waals surface area contributed by atoms with E-state index in [1.54, 1.807) is 11.3 Å². The maximum atomic E-state index is 12.7. The Kier molecular flexibility index (Phi) is 3.09. The summed E-state index contributed by atoms with van der Waals surface area (Å²) in [4.78, 5) is 13.9. The second-order valence-electron chi connectivity index (χ2n) is 5.26. The van der Waals surface area contributed by atoms with Gasteiger partial charge in [0.1, 0.15) is 11.2 Å². The standard InChI is InChI=1S/C19H14O2S/c1-2-12-10-15-17(11-14(12)18-8-5-9-22-18)21-16-7-4-3-6-13(16)19(15)20/h3-11H,2H2,1H3. The van der Waals surface area contributed by atoms with Gasteiger partial charge in [-0.1, -0.05) is 25.1 Å². The van der Waals surface area contributed by atoms with Gasteiger partial charge in [0, 0.05) is 4.88 Å². The molecule has 4 aromatic rings. The minimum atomic E-state index is 0.0456. The lowest BCUT2D eigenvalue weighted by Gasteiger charge is -2.09. The van der Waals surface area contributed by atoms with Crippen molar-refractivity contribution in [1.29, 1.82) is 0 Å². The Morgan fingerprint density at radius 2 is 1.86 bits per heavy atom. The topological polar surface area (TPSA) is 30.2 Å². The molecule has 0 aliphatic heterocycles. The van der Waals surface area contributed by atoms with Gasteiger partial charge in [0.2, 0.25) is 5.43 Å². The minimum absolute atomic E-state index is 0.0456. The van der Waals surface area contributed by atoms with Crippen LogP contribution in [0, 0.1) is 0 Å². The van der Waals surface area contributed by atoms with E-state index in [1.807, 2.05) is 42.5 Å². The highest BCUT2D eigenvalue weighted by atomic mass is 32.1. The van der Waals surface area contributed by atoms with Gasteiger partial charge in [-0.25, -0.2) is 0 Å². The van der Waals surface area contributed by atoms with Crippen LogP contribution in [0.5, 0.6) is 0 Å².